The van der Waals surface area contributed by atoms with Crippen LogP contribution in [-0.2, 0) is 4.79 Å². The number of nitrogens with zero attached hydrogens (tertiary/aromatic N) is 1. The summed E-state index contributed by atoms with van der Waals surface area (Å²) in [5, 5.41) is 2.93. The minimum atomic E-state index is -0.0843. The number of rotatable bonds is 4. The fourth-order valence-electron chi connectivity index (χ4n) is 2.69. The number of carbonyl (C=O) groups is 1. The molecule has 0 radical (unpaired) electrons. The molecule has 0 saturated carbocycles. The van der Waals surface area contributed by atoms with Crippen LogP contribution >= 0.6 is 0 Å². The smallest absolute Gasteiger partial charge is 0.242 e. The molecule has 3 N–H and O–H groups in total. The zero-order chi connectivity index (χ0) is 13.8. The molecule has 1 heterocycles. The molecule has 4 nitrogen and oxygen atoms in total. The maximum atomic E-state index is 12.0. The Labute approximate surface area is 115 Å². The van der Waals surface area contributed by atoms with Crippen LogP contribution in [0.25, 0.3) is 0 Å². The van der Waals surface area contributed by atoms with Gasteiger partial charge >= 0.3 is 0 Å². The van der Waals surface area contributed by atoms with Crippen LogP contribution in [0.2, 0.25) is 0 Å². The maximum absolute atomic E-state index is 12.0. The highest BCUT2D eigenvalue weighted by molar-refractivity contribution is 5.86. The second-order valence-electron chi connectivity index (χ2n) is 4.98. The molecular weight excluding hydrogens is 238 g/mol. The summed E-state index contributed by atoms with van der Waals surface area (Å²) < 4.78 is 0. The lowest BCUT2D eigenvalue weighted by Gasteiger charge is -2.38. The van der Waals surface area contributed by atoms with Crippen LogP contribution in [0.15, 0.2) is 24.3 Å². The molecule has 1 unspecified atom stereocenters. The number of amides is 1. The minimum absolute atomic E-state index is 0.0266. The molecule has 104 valence electrons. The fraction of sp³-hybridized carbons (Fsp3) is 0.533. The van der Waals surface area contributed by atoms with Crippen molar-refractivity contribution in [2.45, 2.75) is 38.8 Å². The topological polar surface area (TPSA) is 58.4 Å². The molecule has 1 aliphatic rings. The lowest BCUT2D eigenvalue weighted by molar-refractivity contribution is -0.123. The highest BCUT2D eigenvalue weighted by Crippen LogP contribution is 2.29. The number of carbonyl (C=O) groups excluding carboxylic acids is 1. The number of benzene rings is 1. The Kier molecular flexibility index (Phi) is 4.43. The van der Waals surface area contributed by atoms with Gasteiger partial charge in [0, 0.05) is 24.8 Å². The number of para-hydroxylation sites is 1. The number of hydrogen-bond acceptors (Lipinski definition) is 3. The van der Waals surface area contributed by atoms with Gasteiger partial charge in [-0.05, 0) is 24.5 Å². The third-order valence-electron chi connectivity index (χ3n) is 3.80. The van der Waals surface area contributed by atoms with Crippen LogP contribution < -0.4 is 16.0 Å². The van der Waals surface area contributed by atoms with Gasteiger partial charge < -0.3 is 16.0 Å². The van der Waals surface area contributed by atoms with Gasteiger partial charge in [-0.3, -0.25) is 4.79 Å². The molecule has 1 saturated heterocycles. The second kappa shape index (κ2) is 6.06. The number of nitrogens with one attached hydrogen (secondary N) is 1. The van der Waals surface area contributed by atoms with E-state index in [1.807, 2.05) is 19.1 Å². The van der Waals surface area contributed by atoms with E-state index in [2.05, 4.69) is 29.3 Å². The number of anilines is 1. The van der Waals surface area contributed by atoms with Crippen molar-refractivity contribution in [3.63, 3.8) is 0 Å². The predicted octanol–water partition coefficient (Wildman–Crippen LogP) is 1.81. The lowest BCUT2D eigenvalue weighted by Crippen LogP contribution is -2.55. The Balaban J connectivity index is 2.37. The van der Waals surface area contributed by atoms with Crippen molar-refractivity contribution >= 4 is 11.6 Å². The van der Waals surface area contributed by atoms with Gasteiger partial charge in [-0.2, -0.15) is 0 Å². The summed E-state index contributed by atoms with van der Waals surface area (Å²) in [6.45, 7) is 5.68. The fourth-order valence-corrected chi connectivity index (χ4v) is 2.69. The van der Waals surface area contributed by atoms with E-state index < -0.39 is 0 Å². The molecule has 2 atom stereocenters. The summed E-state index contributed by atoms with van der Waals surface area (Å²) in [4.78, 5) is 14.2. The Morgan fingerprint density at radius 1 is 1.42 bits per heavy atom. The monoisotopic (exact) mass is 261 g/mol. The largest absolute Gasteiger partial charge is 0.357 e. The van der Waals surface area contributed by atoms with Gasteiger partial charge in [0.25, 0.3) is 0 Å². The number of piperazine rings is 1. The molecule has 0 bridgehead atoms. The van der Waals surface area contributed by atoms with E-state index in [0.29, 0.717) is 6.54 Å². The second-order valence-corrected chi connectivity index (χ2v) is 4.98. The maximum Gasteiger partial charge on any atom is 0.242 e. The highest BCUT2D eigenvalue weighted by Gasteiger charge is 2.29. The summed E-state index contributed by atoms with van der Waals surface area (Å²) in [6.07, 6.45) is 1.70. The van der Waals surface area contributed by atoms with Crippen molar-refractivity contribution in [2.75, 3.05) is 18.0 Å². The highest BCUT2D eigenvalue weighted by atomic mass is 16.2. The summed E-state index contributed by atoms with van der Waals surface area (Å²) in [5.41, 5.74) is 8.44. The third kappa shape index (κ3) is 2.73. The lowest BCUT2D eigenvalue weighted by atomic mass is 10.00. The van der Waals surface area contributed by atoms with Crippen molar-refractivity contribution in [1.82, 2.24) is 5.32 Å². The van der Waals surface area contributed by atoms with E-state index in [9.17, 15) is 4.79 Å². The summed E-state index contributed by atoms with van der Waals surface area (Å²) in [6, 6.07) is 8.12. The number of hydrogen-bond donors (Lipinski definition) is 2. The third-order valence-corrected chi connectivity index (χ3v) is 3.80. The van der Waals surface area contributed by atoms with Gasteiger partial charge in [-0.25, -0.2) is 0 Å². The molecule has 1 amide bonds. The SMILES string of the molecule is CCC1C(=O)NCCN1c1ccccc1[C@@H](N)CC. The zero-order valence-corrected chi connectivity index (χ0v) is 11.7. The molecule has 1 aromatic rings. The van der Waals surface area contributed by atoms with Crippen molar-refractivity contribution in [2.24, 2.45) is 5.73 Å². The van der Waals surface area contributed by atoms with Crippen molar-refractivity contribution in [1.29, 1.82) is 0 Å². The zero-order valence-electron chi connectivity index (χ0n) is 11.7. The van der Waals surface area contributed by atoms with Gasteiger partial charge in [-0.15, -0.1) is 0 Å². The molecule has 1 aromatic carbocycles. The average Bonchev–Trinajstić information content (AvgIpc) is 2.46. The Morgan fingerprint density at radius 3 is 2.84 bits per heavy atom. The van der Waals surface area contributed by atoms with Crippen LogP contribution in [0.4, 0.5) is 5.69 Å². The van der Waals surface area contributed by atoms with Crippen LogP contribution in [0.1, 0.15) is 38.3 Å². The molecular formula is C15H23N3O. The quantitative estimate of drug-likeness (QED) is 0.869. The van der Waals surface area contributed by atoms with Crippen LogP contribution in [-0.4, -0.2) is 25.0 Å². The number of nitrogens with two attached hydrogens (primary N) is 1. The summed E-state index contributed by atoms with van der Waals surface area (Å²) >= 11 is 0. The molecule has 0 aromatic heterocycles. The standard InChI is InChI=1S/C15H23N3O/c1-3-12(16)11-7-5-6-8-14(11)18-10-9-17-15(19)13(18)4-2/h5-8,12-13H,3-4,9-10,16H2,1-2H3,(H,17,19)/t12-,13?/m0/s1. The van der Waals surface area contributed by atoms with Crippen molar-refractivity contribution in [3.8, 4) is 0 Å². The molecule has 2 rings (SSSR count). The van der Waals surface area contributed by atoms with Gasteiger partial charge in [0.05, 0.1) is 0 Å². The molecule has 0 spiro atoms. The first-order valence-electron chi connectivity index (χ1n) is 7.07. The van der Waals surface area contributed by atoms with Crippen LogP contribution in [0, 0.1) is 0 Å². The predicted molar refractivity (Wildman–Crippen MR) is 78.1 cm³/mol. The molecule has 0 aliphatic carbocycles. The molecule has 1 aliphatic heterocycles. The van der Waals surface area contributed by atoms with Gasteiger partial charge in [0.2, 0.25) is 5.91 Å². The van der Waals surface area contributed by atoms with Crippen LogP contribution in [0.5, 0.6) is 0 Å². The summed E-state index contributed by atoms with van der Waals surface area (Å²) in [5.74, 6) is 0.119. The van der Waals surface area contributed by atoms with Crippen molar-refractivity contribution < 1.29 is 4.79 Å². The van der Waals surface area contributed by atoms with Gasteiger partial charge in [-0.1, -0.05) is 32.0 Å². The van der Waals surface area contributed by atoms with E-state index in [4.69, 9.17) is 5.73 Å². The summed E-state index contributed by atoms with van der Waals surface area (Å²) in [7, 11) is 0. The Bertz CT molecular complexity index is 447. The Morgan fingerprint density at radius 2 is 2.16 bits per heavy atom. The minimum Gasteiger partial charge on any atom is -0.357 e. The first-order valence-corrected chi connectivity index (χ1v) is 7.07. The van der Waals surface area contributed by atoms with E-state index >= 15 is 0 Å². The normalized spacial score (nSPS) is 21.1. The van der Waals surface area contributed by atoms with Crippen molar-refractivity contribution in [3.05, 3.63) is 29.8 Å². The Hall–Kier alpha value is -1.55. The average molecular weight is 261 g/mol. The van der Waals surface area contributed by atoms with Crippen LogP contribution in [0.3, 0.4) is 0 Å². The van der Waals surface area contributed by atoms with E-state index in [0.717, 1.165) is 30.6 Å². The first kappa shape index (κ1) is 13.9. The molecule has 1 fully saturated rings. The van der Waals surface area contributed by atoms with E-state index in [1.54, 1.807) is 0 Å². The van der Waals surface area contributed by atoms with E-state index in [1.165, 1.54) is 0 Å². The first-order chi connectivity index (χ1) is 9.19. The van der Waals surface area contributed by atoms with Gasteiger partial charge in [0.1, 0.15) is 6.04 Å². The van der Waals surface area contributed by atoms with Gasteiger partial charge in [0.15, 0.2) is 0 Å². The molecule has 19 heavy (non-hydrogen) atoms. The molecule has 4 heteroatoms. The van der Waals surface area contributed by atoms with E-state index in [-0.39, 0.29) is 18.0 Å².